The van der Waals surface area contributed by atoms with Crippen LogP contribution in [0.1, 0.15) is 15.9 Å². The Bertz CT molecular complexity index is 385. The number of aryl methyl sites for hydroxylation is 1. The minimum absolute atomic E-state index is 0.0849. The monoisotopic (exact) mass is 319 g/mol. The number of ether oxygens (including phenoxy) is 1. The maximum Gasteiger partial charge on any atom is 0.251 e. The molecule has 0 radical (unpaired) electrons. The zero-order valence-corrected chi connectivity index (χ0v) is 12.0. The van der Waals surface area contributed by atoms with Crippen LogP contribution in [-0.4, -0.2) is 31.5 Å². The summed E-state index contributed by atoms with van der Waals surface area (Å²) in [4.78, 5) is 11.8. The topological polar surface area (TPSA) is 38.3 Å². The Kier molecular flexibility index (Phi) is 6.55. The summed E-state index contributed by atoms with van der Waals surface area (Å²) >= 11 is 8.81. The first-order chi connectivity index (χ1) is 8.15. The van der Waals surface area contributed by atoms with Gasteiger partial charge in [0.15, 0.2) is 0 Å². The van der Waals surface area contributed by atoms with E-state index in [1.54, 1.807) is 0 Å². The molecule has 94 valence electrons. The summed E-state index contributed by atoms with van der Waals surface area (Å²) in [5, 5.41) is 2.80. The van der Waals surface area contributed by atoms with E-state index < -0.39 is 0 Å². The first-order valence-corrected chi connectivity index (χ1v) is 6.66. The van der Waals surface area contributed by atoms with Gasteiger partial charge in [0.25, 0.3) is 5.91 Å². The van der Waals surface area contributed by atoms with Crippen LogP contribution in [0.25, 0.3) is 0 Å². The van der Waals surface area contributed by atoms with Gasteiger partial charge in [-0.25, -0.2) is 0 Å². The molecule has 0 fully saturated rings. The van der Waals surface area contributed by atoms with E-state index in [9.17, 15) is 4.79 Å². The average molecular weight is 321 g/mol. The minimum atomic E-state index is -0.0849. The predicted molar refractivity (Wildman–Crippen MR) is 72.8 cm³/mol. The van der Waals surface area contributed by atoms with Gasteiger partial charge in [-0.3, -0.25) is 4.79 Å². The number of halogens is 2. The van der Waals surface area contributed by atoms with Crippen molar-refractivity contribution in [1.82, 2.24) is 5.32 Å². The number of amides is 1. The number of alkyl halides is 1. The Morgan fingerprint density at radius 3 is 2.94 bits per heavy atom. The number of hydrogen-bond donors (Lipinski definition) is 1. The van der Waals surface area contributed by atoms with Crippen molar-refractivity contribution >= 4 is 33.4 Å². The van der Waals surface area contributed by atoms with Gasteiger partial charge in [-0.05, 0) is 24.6 Å². The predicted octanol–water partition coefficient (Wildman–Crippen LogP) is 2.74. The summed E-state index contributed by atoms with van der Waals surface area (Å²) in [7, 11) is 0. The van der Waals surface area contributed by atoms with Crippen molar-refractivity contribution in [3.05, 3.63) is 33.8 Å². The van der Waals surface area contributed by atoms with Gasteiger partial charge < -0.3 is 10.1 Å². The Hall–Kier alpha value is -0.580. The Morgan fingerprint density at radius 1 is 1.47 bits per heavy atom. The van der Waals surface area contributed by atoms with Crippen LogP contribution in [0.15, 0.2) is 22.7 Å². The molecule has 0 saturated heterocycles. The van der Waals surface area contributed by atoms with Crippen molar-refractivity contribution in [2.24, 2.45) is 0 Å². The van der Waals surface area contributed by atoms with Crippen LogP contribution >= 0.6 is 27.5 Å². The molecule has 17 heavy (non-hydrogen) atoms. The lowest BCUT2D eigenvalue weighted by Gasteiger charge is -2.08. The van der Waals surface area contributed by atoms with E-state index in [1.807, 2.05) is 25.1 Å². The molecule has 1 rings (SSSR count). The summed E-state index contributed by atoms with van der Waals surface area (Å²) in [5.41, 5.74) is 1.63. The molecule has 0 saturated carbocycles. The molecule has 0 aliphatic rings. The number of rotatable bonds is 6. The molecule has 0 atom stereocenters. The number of carbonyl (C=O) groups excluding carboxylic acids is 1. The lowest BCUT2D eigenvalue weighted by Crippen LogP contribution is -2.28. The molecule has 0 aliphatic carbocycles. The molecule has 1 N–H and O–H groups in total. The van der Waals surface area contributed by atoms with Crippen molar-refractivity contribution in [2.45, 2.75) is 6.92 Å². The fraction of sp³-hybridized carbons (Fsp3) is 0.417. The van der Waals surface area contributed by atoms with Crippen LogP contribution in [-0.2, 0) is 4.74 Å². The van der Waals surface area contributed by atoms with E-state index in [1.165, 1.54) is 0 Å². The van der Waals surface area contributed by atoms with Gasteiger partial charge in [0.2, 0.25) is 0 Å². The highest BCUT2D eigenvalue weighted by Crippen LogP contribution is 2.15. The van der Waals surface area contributed by atoms with Crippen LogP contribution < -0.4 is 5.32 Å². The maximum atomic E-state index is 11.8. The number of hydrogen-bond acceptors (Lipinski definition) is 2. The second-order valence-electron chi connectivity index (χ2n) is 3.52. The third-order valence-corrected chi connectivity index (χ3v) is 2.85. The standard InChI is InChI=1S/C12H15BrClNO2/c1-9-2-3-10(13)8-11(9)12(16)15-5-7-17-6-4-14/h2-3,8H,4-7H2,1H3,(H,15,16). The highest BCUT2D eigenvalue weighted by molar-refractivity contribution is 9.10. The van der Waals surface area contributed by atoms with E-state index in [-0.39, 0.29) is 5.91 Å². The van der Waals surface area contributed by atoms with Crippen LogP contribution in [0.5, 0.6) is 0 Å². The Balaban J connectivity index is 2.44. The third kappa shape index (κ3) is 5.06. The number of benzene rings is 1. The van der Waals surface area contributed by atoms with Gasteiger partial charge in [0, 0.05) is 22.5 Å². The molecule has 0 heterocycles. The highest BCUT2D eigenvalue weighted by Gasteiger charge is 2.08. The molecule has 0 aliphatic heterocycles. The molecule has 0 aromatic heterocycles. The van der Waals surface area contributed by atoms with E-state index in [4.69, 9.17) is 16.3 Å². The maximum absolute atomic E-state index is 11.8. The van der Waals surface area contributed by atoms with Crippen LogP contribution in [0.4, 0.5) is 0 Å². The second kappa shape index (κ2) is 7.69. The number of nitrogens with one attached hydrogen (secondary N) is 1. The van der Waals surface area contributed by atoms with Gasteiger partial charge in [0.05, 0.1) is 13.2 Å². The Labute approximate surface area is 115 Å². The van der Waals surface area contributed by atoms with E-state index in [0.717, 1.165) is 10.0 Å². The molecular weight excluding hydrogens is 305 g/mol. The lowest BCUT2D eigenvalue weighted by molar-refractivity contribution is 0.0923. The van der Waals surface area contributed by atoms with Crippen LogP contribution in [0.3, 0.4) is 0 Å². The van der Waals surface area contributed by atoms with Gasteiger partial charge in [0.1, 0.15) is 0 Å². The average Bonchev–Trinajstić information content (AvgIpc) is 2.32. The molecule has 0 spiro atoms. The SMILES string of the molecule is Cc1ccc(Br)cc1C(=O)NCCOCCCl. The zero-order valence-electron chi connectivity index (χ0n) is 9.63. The summed E-state index contributed by atoms with van der Waals surface area (Å²) < 4.78 is 6.06. The molecule has 1 aromatic carbocycles. The fourth-order valence-corrected chi connectivity index (χ4v) is 1.80. The molecule has 5 heteroatoms. The molecule has 0 bridgehead atoms. The minimum Gasteiger partial charge on any atom is -0.378 e. The molecule has 1 amide bonds. The van der Waals surface area contributed by atoms with Crippen molar-refractivity contribution in [3.63, 3.8) is 0 Å². The van der Waals surface area contributed by atoms with Crippen molar-refractivity contribution in [3.8, 4) is 0 Å². The fourth-order valence-electron chi connectivity index (χ4n) is 1.33. The van der Waals surface area contributed by atoms with E-state index >= 15 is 0 Å². The highest BCUT2D eigenvalue weighted by atomic mass is 79.9. The smallest absolute Gasteiger partial charge is 0.251 e. The summed E-state index contributed by atoms with van der Waals surface area (Å²) in [6.07, 6.45) is 0. The number of carbonyl (C=O) groups is 1. The Morgan fingerprint density at radius 2 is 2.24 bits per heavy atom. The molecule has 3 nitrogen and oxygen atoms in total. The first-order valence-electron chi connectivity index (χ1n) is 5.33. The van der Waals surface area contributed by atoms with Gasteiger partial charge >= 0.3 is 0 Å². The van der Waals surface area contributed by atoms with E-state index in [0.29, 0.717) is 31.2 Å². The zero-order chi connectivity index (χ0) is 12.7. The van der Waals surface area contributed by atoms with Crippen LogP contribution in [0.2, 0.25) is 0 Å². The van der Waals surface area contributed by atoms with Gasteiger partial charge in [-0.1, -0.05) is 22.0 Å². The van der Waals surface area contributed by atoms with Gasteiger partial charge in [-0.2, -0.15) is 0 Å². The summed E-state index contributed by atoms with van der Waals surface area (Å²) in [6, 6.07) is 5.63. The molecule has 0 unspecified atom stereocenters. The second-order valence-corrected chi connectivity index (χ2v) is 4.81. The van der Waals surface area contributed by atoms with Crippen molar-refractivity contribution < 1.29 is 9.53 Å². The normalized spacial score (nSPS) is 10.3. The molecular formula is C12H15BrClNO2. The summed E-state index contributed by atoms with van der Waals surface area (Å²) in [5.74, 6) is 0.386. The largest absolute Gasteiger partial charge is 0.378 e. The lowest BCUT2D eigenvalue weighted by atomic mass is 10.1. The van der Waals surface area contributed by atoms with Crippen molar-refractivity contribution in [2.75, 3.05) is 25.6 Å². The molecule has 1 aromatic rings. The quantitative estimate of drug-likeness (QED) is 0.646. The first kappa shape index (κ1) is 14.5. The van der Waals surface area contributed by atoms with Crippen LogP contribution in [0, 0.1) is 6.92 Å². The van der Waals surface area contributed by atoms with Crippen molar-refractivity contribution in [1.29, 1.82) is 0 Å². The van der Waals surface area contributed by atoms with E-state index in [2.05, 4.69) is 21.2 Å². The van der Waals surface area contributed by atoms with Gasteiger partial charge in [-0.15, -0.1) is 11.6 Å². The third-order valence-electron chi connectivity index (χ3n) is 2.20. The summed E-state index contributed by atoms with van der Waals surface area (Å²) in [6.45, 7) is 3.38.